The molecule has 2 aromatic rings. The molecule has 0 radical (unpaired) electrons. The quantitative estimate of drug-likeness (QED) is 0.470. The summed E-state index contributed by atoms with van der Waals surface area (Å²) in [6, 6.07) is 10.1. The third kappa shape index (κ3) is 3.05. The summed E-state index contributed by atoms with van der Waals surface area (Å²) >= 11 is 0. The van der Waals surface area contributed by atoms with Gasteiger partial charge in [0.1, 0.15) is 0 Å². The summed E-state index contributed by atoms with van der Waals surface area (Å²) < 4.78 is 0. The number of fused-ring (bicyclic) bond motifs is 1. The molecule has 8 nitrogen and oxygen atoms in total. The molecule has 1 aliphatic heterocycles. The molecule has 1 heterocycles. The van der Waals surface area contributed by atoms with Crippen molar-refractivity contribution in [3.8, 4) is 0 Å². The van der Waals surface area contributed by atoms with Crippen LogP contribution in [0.2, 0.25) is 0 Å². The van der Waals surface area contributed by atoms with Crippen LogP contribution in [0.15, 0.2) is 42.5 Å². The number of carbonyl (C=O) groups excluding carboxylic acids is 3. The second kappa shape index (κ2) is 6.64. The topological polar surface area (TPSA) is 101 Å². The van der Waals surface area contributed by atoms with Crippen molar-refractivity contribution in [2.24, 2.45) is 0 Å². The third-order valence-corrected chi connectivity index (χ3v) is 4.80. The zero-order chi connectivity index (χ0) is 19.9. The Morgan fingerprint density at radius 2 is 1.78 bits per heavy atom. The number of amides is 3. The molecule has 2 aromatic carbocycles. The Labute approximate surface area is 155 Å². The molecule has 0 aliphatic carbocycles. The van der Waals surface area contributed by atoms with Crippen molar-refractivity contribution in [3.63, 3.8) is 0 Å². The molecule has 0 saturated heterocycles. The van der Waals surface area contributed by atoms with Gasteiger partial charge in [0.25, 0.3) is 23.4 Å². The lowest BCUT2D eigenvalue weighted by molar-refractivity contribution is -0.384. The van der Waals surface area contributed by atoms with Gasteiger partial charge >= 0.3 is 0 Å². The number of hydrogen-bond donors (Lipinski definition) is 0. The molecule has 0 N–H and O–H groups in total. The normalized spacial score (nSPS) is 14.1. The number of nitrogens with zero attached hydrogens (tertiary/aromatic N) is 3. The summed E-state index contributed by atoms with van der Waals surface area (Å²) in [5, 5.41) is 11.0. The van der Waals surface area contributed by atoms with Gasteiger partial charge in [-0.3, -0.25) is 29.4 Å². The Morgan fingerprint density at radius 1 is 1.11 bits per heavy atom. The van der Waals surface area contributed by atoms with Gasteiger partial charge in [0.15, 0.2) is 0 Å². The molecule has 138 valence electrons. The molecular weight excluding hydrogens is 350 g/mol. The zero-order valence-electron chi connectivity index (χ0n) is 15.0. The van der Waals surface area contributed by atoms with E-state index in [1.807, 2.05) is 0 Å². The Kier molecular flexibility index (Phi) is 4.49. The molecule has 0 bridgehead atoms. The monoisotopic (exact) mass is 367 g/mol. The van der Waals surface area contributed by atoms with Crippen molar-refractivity contribution in [1.29, 1.82) is 0 Å². The largest absolute Gasteiger partial charge is 0.335 e. The summed E-state index contributed by atoms with van der Waals surface area (Å²) in [5.41, 5.74) is 1.31. The number of hydrogen-bond acceptors (Lipinski definition) is 5. The highest BCUT2D eigenvalue weighted by molar-refractivity contribution is 6.21. The molecule has 0 spiro atoms. The second-order valence-corrected chi connectivity index (χ2v) is 6.37. The van der Waals surface area contributed by atoms with Crippen LogP contribution >= 0.6 is 0 Å². The van der Waals surface area contributed by atoms with Crippen LogP contribution in [0.25, 0.3) is 0 Å². The summed E-state index contributed by atoms with van der Waals surface area (Å²) in [6.07, 6.45) is 0. The van der Waals surface area contributed by atoms with E-state index in [9.17, 15) is 24.5 Å². The van der Waals surface area contributed by atoms with Crippen molar-refractivity contribution in [1.82, 2.24) is 9.80 Å². The smallest absolute Gasteiger partial charge is 0.269 e. The van der Waals surface area contributed by atoms with E-state index in [1.165, 1.54) is 42.3 Å². The van der Waals surface area contributed by atoms with Gasteiger partial charge in [-0.05, 0) is 30.7 Å². The van der Waals surface area contributed by atoms with Crippen LogP contribution in [0.1, 0.15) is 49.6 Å². The number of carbonyl (C=O) groups is 3. The van der Waals surface area contributed by atoms with E-state index in [0.717, 1.165) is 4.90 Å². The first kappa shape index (κ1) is 18.2. The van der Waals surface area contributed by atoms with E-state index in [4.69, 9.17) is 0 Å². The summed E-state index contributed by atoms with van der Waals surface area (Å²) in [6.45, 7) is 1.76. The van der Waals surface area contributed by atoms with E-state index >= 15 is 0 Å². The lowest BCUT2D eigenvalue weighted by Gasteiger charge is -2.25. The minimum absolute atomic E-state index is 0.0510. The van der Waals surface area contributed by atoms with Crippen molar-refractivity contribution >= 4 is 23.4 Å². The minimum Gasteiger partial charge on any atom is -0.335 e. The zero-order valence-corrected chi connectivity index (χ0v) is 15.0. The van der Waals surface area contributed by atoms with Crippen molar-refractivity contribution in [3.05, 3.63) is 74.8 Å². The summed E-state index contributed by atoms with van der Waals surface area (Å²) in [4.78, 5) is 49.8. The molecular formula is C19H17N3O5. The number of rotatable bonds is 4. The molecule has 3 rings (SSSR count). The third-order valence-electron chi connectivity index (χ3n) is 4.80. The fourth-order valence-electron chi connectivity index (χ4n) is 3.00. The van der Waals surface area contributed by atoms with Gasteiger partial charge in [0.05, 0.1) is 22.1 Å². The second-order valence-electron chi connectivity index (χ2n) is 6.37. The van der Waals surface area contributed by atoms with Crippen LogP contribution < -0.4 is 0 Å². The van der Waals surface area contributed by atoms with Gasteiger partial charge in [0.2, 0.25) is 0 Å². The average molecular weight is 367 g/mol. The Morgan fingerprint density at radius 3 is 2.44 bits per heavy atom. The fourth-order valence-corrected chi connectivity index (χ4v) is 3.00. The highest BCUT2D eigenvalue weighted by atomic mass is 16.6. The maximum Gasteiger partial charge on any atom is 0.269 e. The molecule has 27 heavy (non-hydrogen) atoms. The lowest BCUT2D eigenvalue weighted by atomic mass is 10.0. The van der Waals surface area contributed by atoms with Crippen LogP contribution in [0.3, 0.4) is 0 Å². The first-order valence-corrected chi connectivity index (χ1v) is 8.20. The first-order valence-electron chi connectivity index (χ1n) is 8.20. The average Bonchev–Trinajstić information content (AvgIpc) is 2.90. The van der Waals surface area contributed by atoms with E-state index in [-0.39, 0.29) is 28.3 Å². The van der Waals surface area contributed by atoms with E-state index in [2.05, 4.69) is 0 Å². The van der Waals surface area contributed by atoms with Crippen LogP contribution in [-0.4, -0.2) is 46.5 Å². The van der Waals surface area contributed by atoms with E-state index in [0.29, 0.717) is 5.56 Å². The molecule has 8 heteroatoms. The maximum atomic E-state index is 12.8. The van der Waals surface area contributed by atoms with Gasteiger partial charge in [-0.25, -0.2) is 0 Å². The summed E-state index contributed by atoms with van der Waals surface area (Å²) in [7, 11) is 2.97. The molecule has 1 atom stereocenters. The Hall–Kier alpha value is -3.55. The van der Waals surface area contributed by atoms with Crippen molar-refractivity contribution < 1.29 is 19.3 Å². The van der Waals surface area contributed by atoms with Gasteiger partial charge in [-0.2, -0.15) is 0 Å². The standard InChI is InChI=1S/C19H17N3O5/c1-11(12-5-4-6-14(9-12)22(26)27)20(2)17(23)13-7-8-15-16(10-13)19(25)21(3)18(15)24/h4-11H,1-3H3. The number of non-ortho nitro benzene ring substituents is 1. The highest BCUT2D eigenvalue weighted by Gasteiger charge is 2.33. The maximum absolute atomic E-state index is 12.8. The van der Waals surface area contributed by atoms with Crippen LogP contribution in [0, 0.1) is 10.1 Å². The lowest BCUT2D eigenvalue weighted by Crippen LogP contribution is -2.29. The number of benzene rings is 2. The van der Waals surface area contributed by atoms with Gasteiger partial charge in [-0.1, -0.05) is 12.1 Å². The Bertz CT molecular complexity index is 985. The molecule has 1 unspecified atom stereocenters. The van der Waals surface area contributed by atoms with Crippen molar-refractivity contribution in [2.75, 3.05) is 14.1 Å². The van der Waals surface area contributed by atoms with E-state index < -0.39 is 22.8 Å². The van der Waals surface area contributed by atoms with Crippen molar-refractivity contribution in [2.45, 2.75) is 13.0 Å². The molecule has 0 saturated carbocycles. The predicted molar refractivity (Wildman–Crippen MR) is 96.5 cm³/mol. The molecule has 0 fully saturated rings. The number of imide groups is 1. The number of nitro benzene ring substituents is 1. The van der Waals surface area contributed by atoms with Crippen LogP contribution in [0.4, 0.5) is 5.69 Å². The number of nitro groups is 1. The molecule has 1 aliphatic rings. The predicted octanol–water partition coefficient (Wildman–Crippen LogP) is 2.65. The Balaban J connectivity index is 1.88. The highest BCUT2D eigenvalue weighted by Crippen LogP contribution is 2.27. The summed E-state index contributed by atoms with van der Waals surface area (Å²) in [5.74, 6) is -1.20. The van der Waals surface area contributed by atoms with Gasteiger partial charge < -0.3 is 4.90 Å². The SMILES string of the molecule is CC(c1cccc([N+](=O)[O-])c1)N(C)C(=O)c1ccc2c(c1)C(=O)N(C)C2=O. The molecule has 0 aromatic heterocycles. The van der Waals surface area contributed by atoms with Crippen LogP contribution in [-0.2, 0) is 0 Å². The van der Waals surface area contributed by atoms with Gasteiger partial charge in [0, 0.05) is 31.8 Å². The van der Waals surface area contributed by atoms with Crippen LogP contribution in [0.5, 0.6) is 0 Å². The molecule has 3 amide bonds. The first-order chi connectivity index (χ1) is 12.7. The van der Waals surface area contributed by atoms with Gasteiger partial charge in [-0.15, -0.1) is 0 Å². The minimum atomic E-state index is -0.488. The fraction of sp³-hybridized carbons (Fsp3) is 0.211. The van der Waals surface area contributed by atoms with E-state index in [1.54, 1.807) is 26.1 Å².